The molecule has 2 aromatic heterocycles. The molecule has 2 fully saturated rings. The molecule has 0 unspecified atom stereocenters. The molecule has 5 rings (SSSR count). The van der Waals surface area contributed by atoms with Gasteiger partial charge in [-0.25, -0.2) is 9.97 Å². The van der Waals surface area contributed by atoms with Gasteiger partial charge in [-0.05, 0) is 49.6 Å². The van der Waals surface area contributed by atoms with Crippen LogP contribution in [0, 0.1) is 11.3 Å². The molecule has 1 amide bonds. The number of pyridine rings is 1. The van der Waals surface area contributed by atoms with Gasteiger partial charge >= 0.3 is 0 Å². The second-order valence-corrected chi connectivity index (χ2v) is 9.90. The van der Waals surface area contributed by atoms with Crippen LogP contribution in [0.2, 0.25) is 5.02 Å². The lowest BCUT2D eigenvalue weighted by Crippen LogP contribution is -2.59. The number of anilines is 1. The first kappa shape index (κ1) is 25.2. The van der Waals surface area contributed by atoms with Gasteiger partial charge in [0.1, 0.15) is 11.6 Å². The van der Waals surface area contributed by atoms with Crippen molar-refractivity contribution < 1.29 is 9.18 Å². The Balaban J connectivity index is 1.21. The van der Waals surface area contributed by atoms with Crippen LogP contribution < -0.4 is 4.90 Å². The summed E-state index contributed by atoms with van der Waals surface area (Å²) in [7, 11) is 0. The van der Waals surface area contributed by atoms with Gasteiger partial charge in [-0.2, -0.15) is 5.26 Å². The molecule has 2 saturated heterocycles. The van der Waals surface area contributed by atoms with Crippen molar-refractivity contribution in [1.82, 2.24) is 24.8 Å². The largest absolute Gasteiger partial charge is 0.353 e. The Morgan fingerprint density at radius 2 is 1.95 bits per heavy atom. The van der Waals surface area contributed by atoms with Crippen molar-refractivity contribution in [2.75, 3.05) is 44.3 Å². The Kier molecular flexibility index (Phi) is 7.68. The molecule has 0 radical (unpaired) electrons. The van der Waals surface area contributed by atoms with Crippen molar-refractivity contribution in [1.29, 1.82) is 5.26 Å². The van der Waals surface area contributed by atoms with E-state index in [-0.39, 0.29) is 18.6 Å². The summed E-state index contributed by atoms with van der Waals surface area (Å²) in [6, 6.07) is 11.1. The summed E-state index contributed by atoms with van der Waals surface area (Å²) in [4.78, 5) is 31.3. The average molecular weight is 522 g/mol. The van der Waals surface area contributed by atoms with Crippen LogP contribution in [0.4, 0.5) is 10.2 Å². The molecule has 1 aromatic carbocycles. The van der Waals surface area contributed by atoms with Gasteiger partial charge in [0, 0.05) is 74.5 Å². The number of H-pyrrole nitrogens is 1. The second-order valence-electron chi connectivity index (χ2n) is 9.50. The predicted molar refractivity (Wildman–Crippen MR) is 140 cm³/mol. The first-order chi connectivity index (χ1) is 18.1. The van der Waals surface area contributed by atoms with Gasteiger partial charge in [-0.15, -0.1) is 0 Å². The first-order valence-electron chi connectivity index (χ1n) is 12.6. The number of alkyl halides is 1. The van der Waals surface area contributed by atoms with E-state index < -0.39 is 0 Å². The molecule has 10 heteroatoms. The normalized spacial score (nSPS) is 19.1. The molecule has 0 aliphatic carbocycles. The number of amides is 1. The molecular formula is C27H29ClFN7O. The monoisotopic (exact) mass is 521 g/mol. The zero-order valence-electron chi connectivity index (χ0n) is 20.5. The third-order valence-electron chi connectivity index (χ3n) is 7.35. The highest BCUT2D eigenvalue weighted by atomic mass is 35.5. The summed E-state index contributed by atoms with van der Waals surface area (Å²) < 4.78 is 13.6. The van der Waals surface area contributed by atoms with E-state index in [1.807, 2.05) is 11.0 Å². The maximum Gasteiger partial charge on any atom is 0.253 e. The highest BCUT2D eigenvalue weighted by Crippen LogP contribution is 2.31. The van der Waals surface area contributed by atoms with E-state index in [0.29, 0.717) is 59.9 Å². The van der Waals surface area contributed by atoms with Gasteiger partial charge in [0.2, 0.25) is 0 Å². The SMILES string of the molecule is N#Cc1ccc(C(=O)N2CCC(N3CCN(c4ncc(-c5ncc[nH]5)cc4Cl)C[C@@H]3CCF)CC2)cc1. The van der Waals surface area contributed by atoms with Crippen LogP contribution in [-0.2, 0) is 0 Å². The number of aromatic nitrogens is 3. The number of aromatic amines is 1. The number of rotatable bonds is 6. The Morgan fingerprint density at radius 1 is 1.16 bits per heavy atom. The molecule has 1 N–H and O–H groups in total. The van der Waals surface area contributed by atoms with Crippen LogP contribution in [0.15, 0.2) is 48.9 Å². The maximum absolute atomic E-state index is 13.6. The average Bonchev–Trinajstić information content (AvgIpc) is 3.48. The number of hydrogen-bond donors (Lipinski definition) is 1. The Morgan fingerprint density at radius 3 is 2.59 bits per heavy atom. The van der Waals surface area contributed by atoms with Crippen LogP contribution in [0.25, 0.3) is 11.4 Å². The van der Waals surface area contributed by atoms with Crippen LogP contribution in [0.3, 0.4) is 0 Å². The molecule has 2 aliphatic rings. The third-order valence-corrected chi connectivity index (χ3v) is 7.62. The highest BCUT2D eigenvalue weighted by molar-refractivity contribution is 6.33. The van der Waals surface area contributed by atoms with Gasteiger partial charge < -0.3 is 14.8 Å². The number of carbonyl (C=O) groups is 1. The fourth-order valence-corrected chi connectivity index (χ4v) is 5.70. The molecule has 8 nitrogen and oxygen atoms in total. The van der Waals surface area contributed by atoms with Gasteiger partial charge in [-0.1, -0.05) is 11.6 Å². The molecule has 1 atom stereocenters. The number of carbonyl (C=O) groups excluding carboxylic acids is 1. The lowest BCUT2D eigenvalue weighted by Gasteiger charge is -2.47. The number of imidazole rings is 1. The molecular weight excluding hydrogens is 493 g/mol. The molecule has 192 valence electrons. The lowest BCUT2D eigenvalue weighted by atomic mass is 9.97. The minimum atomic E-state index is -0.385. The number of nitrogens with zero attached hydrogens (tertiary/aromatic N) is 6. The van der Waals surface area contributed by atoms with E-state index in [1.54, 1.807) is 42.9 Å². The van der Waals surface area contributed by atoms with Crippen molar-refractivity contribution in [3.8, 4) is 17.5 Å². The highest BCUT2D eigenvalue weighted by Gasteiger charge is 2.35. The van der Waals surface area contributed by atoms with Gasteiger partial charge in [0.05, 0.1) is 23.3 Å². The number of nitriles is 1. The zero-order chi connectivity index (χ0) is 25.8. The summed E-state index contributed by atoms with van der Waals surface area (Å²) in [5, 5.41) is 9.53. The van der Waals surface area contributed by atoms with E-state index in [1.165, 1.54) is 0 Å². The van der Waals surface area contributed by atoms with E-state index in [2.05, 4.69) is 30.8 Å². The van der Waals surface area contributed by atoms with Gasteiger partial charge in [-0.3, -0.25) is 14.1 Å². The van der Waals surface area contributed by atoms with Crippen molar-refractivity contribution >= 4 is 23.3 Å². The fraction of sp³-hybridized carbons (Fsp3) is 0.407. The summed E-state index contributed by atoms with van der Waals surface area (Å²) >= 11 is 6.62. The minimum absolute atomic E-state index is 0.00761. The maximum atomic E-state index is 13.6. The van der Waals surface area contributed by atoms with Crippen LogP contribution in [-0.4, -0.2) is 82.1 Å². The van der Waals surface area contributed by atoms with Gasteiger partial charge in [0.15, 0.2) is 0 Å². The van der Waals surface area contributed by atoms with Crippen LogP contribution in [0.5, 0.6) is 0 Å². The molecule has 0 saturated carbocycles. The quantitative estimate of drug-likeness (QED) is 0.524. The summed E-state index contributed by atoms with van der Waals surface area (Å²) in [5.74, 6) is 1.42. The Bertz CT molecular complexity index is 1250. The van der Waals surface area contributed by atoms with E-state index in [9.17, 15) is 9.18 Å². The molecule has 0 spiro atoms. The van der Waals surface area contributed by atoms with Crippen LogP contribution >= 0.6 is 11.6 Å². The number of piperazine rings is 1. The smallest absolute Gasteiger partial charge is 0.253 e. The second kappa shape index (κ2) is 11.3. The Hall–Kier alpha value is -3.48. The third kappa shape index (κ3) is 5.45. The number of nitrogens with one attached hydrogen (secondary N) is 1. The van der Waals surface area contributed by atoms with Crippen molar-refractivity contribution in [2.24, 2.45) is 0 Å². The molecule has 3 aromatic rings. The number of piperidine rings is 1. The number of likely N-dealkylation sites (tertiary alicyclic amines) is 1. The van der Waals surface area contributed by atoms with Gasteiger partial charge in [0.25, 0.3) is 5.91 Å². The minimum Gasteiger partial charge on any atom is -0.353 e. The number of benzene rings is 1. The van der Waals surface area contributed by atoms with E-state index >= 15 is 0 Å². The van der Waals surface area contributed by atoms with Crippen molar-refractivity contribution in [3.05, 3.63) is 65.1 Å². The topological polar surface area (TPSA) is 92.2 Å². The van der Waals surface area contributed by atoms with E-state index in [0.717, 1.165) is 31.5 Å². The Labute approximate surface area is 220 Å². The number of hydrogen-bond acceptors (Lipinski definition) is 6. The fourth-order valence-electron chi connectivity index (χ4n) is 5.41. The predicted octanol–water partition coefficient (Wildman–Crippen LogP) is 4.15. The molecule has 0 bridgehead atoms. The van der Waals surface area contributed by atoms with Crippen LogP contribution in [0.1, 0.15) is 35.2 Å². The standard InChI is InChI=1S/C27H29ClFN7O/c28-24-15-21(25-31-9-10-32-25)17-33-26(24)35-13-14-36(23(18-35)5-8-29)22-6-11-34(12-7-22)27(37)20-3-1-19(16-30)2-4-20/h1-4,9-10,15,17,22-23H,5-8,11-14,18H2,(H,31,32)/t23-/m0/s1. The molecule has 2 aliphatic heterocycles. The summed E-state index contributed by atoms with van der Waals surface area (Å²) in [6.45, 7) is 3.13. The van der Waals surface area contributed by atoms with Crippen molar-refractivity contribution in [2.45, 2.75) is 31.3 Å². The van der Waals surface area contributed by atoms with E-state index in [4.69, 9.17) is 16.9 Å². The number of halogens is 2. The first-order valence-corrected chi connectivity index (χ1v) is 13.0. The summed E-state index contributed by atoms with van der Waals surface area (Å²) in [5.41, 5.74) is 1.96. The summed E-state index contributed by atoms with van der Waals surface area (Å²) in [6.07, 6.45) is 7.35. The van der Waals surface area contributed by atoms with Crippen molar-refractivity contribution in [3.63, 3.8) is 0 Å². The lowest BCUT2D eigenvalue weighted by molar-refractivity contribution is 0.0470. The zero-order valence-corrected chi connectivity index (χ0v) is 21.2. The molecule has 4 heterocycles. The molecule has 37 heavy (non-hydrogen) atoms.